The second-order valence-electron chi connectivity index (χ2n) is 3.96. The monoisotopic (exact) mass is 204 g/mol. The second kappa shape index (κ2) is 5.04. The third-order valence-corrected chi connectivity index (χ3v) is 3.03. The molecule has 0 aliphatic rings. The Morgan fingerprint density at radius 1 is 1.53 bits per heavy atom. The zero-order valence-corrected chi connectivity index (χ0v) is 10.1. The van der Waals surface area contributed by atoms with Crippen molar-refractivity contribution in [2.24, 2.45) is 7.05 Å². The van der Waals surface area contributed by atoms with Crippen LogP contribution in [0.3, 0.4) is 0 Å². The Balaban J connectivity index is 2.66. The first kappa shape index (κ1) is 11.9. The van der Waals surface area contributed by atoms with E-state index >= 15 is 0 Å². The van der Waals surface area contributed by atoms with Gasteiger partial charge in [0.15, 0.2) is 0 Å². The van der Waals surface area contributed by atoms with Crippen LogP contribution < -0.4 is 5.32 Å². The molecule has 0 radical (unpaired) electrons. The Bertz CT molecular complexity index is 369. The summed E-state index contributed by atoms with van der Waals surface area (Å²) in [7, 11) is 2.09. The summed E-state index contributed by atoms with van der Waals surface area (Å²) in [6.07, 6.45) is 6.38. The summed E-state index contributed by atoms with van der Waals surface area (Å²) < 4.78 is 2.20. The summed E-state index contributed by atoms with van der Waals surface area (Å²) in [4.78, 5) is 0. The van der Waals surface area contributed by atoms with E-state index in [0.717, 1.165) is 13.0 Å². The first-order valence-electron chi connectivity index (χ1n) is 5.41. The van der Waals surface area contributed by atoms with Gasteiger partial charge < -0.3 is 4.57 Å². The second-order valence-corrected chi connectivity index (χ2v) is 3.96. The van der Waals surface area contributed by atoms with Crippen LogP contribution in [0.15, 0.2) is 6.07 Å². The van der Waals surface area contributed by atoms with Gasteiger partial charge in [-0.2, -0.15) is 0 Å². The van der Waals surface area contributed by atoms with Gasteiger partial charge in [-0.05, 0) is 31.9 Å². The number of aryl methyl sites for hydroxylation is 1. The molecule has 0 spiro atoms. The summed E-state index contributed by atoms with van der Waals surface area (Å²) >= 11 is 0. The van der Waals surface area contributed by atoms with Crippen molar-refractivity contribution < 1.29 is 0 Å². The molecule has 1 N–H and O–H groups in total. The van der Waals surface area contributed by atoms with Crippen molar-refractivity contribution in [1.29, 1.82) is 0 Å². The highest BCUT2D eigenvalue weighted by Crippen LogP contribution is 2.12. The molecule has 0 aliphatic heterocycles. The molecular weight excluding hydrogens is 184 g/mol. The fraction of sp³-hybridized carbons (Fsp3) is 0.538. The molecule has 0 aliphatic carbocycles. The summed E-state index contributed by atoms with van der Waals surface area (Å²) in [5.41, 5.74) is 3.94. The molecular formula is C13H20N2. The lowest BCUT2D eigenvalue weighted by Crippen LogP contribution is -2.26. The maximum absolute atomic E-state index is 5.40. The Kier molecular flexibility index (Phi) is 3.99. The smallest absolute Gasteiger partial charge is 0.0686 e. The molecule has 0 saturated carbocycles. The van der Waals surface area contributed by atoms with Crippen molar-refractivity contribution in [1.82, 2.24) is 9.88 Å². The highest BCUT2D eigenvalue weighted by molar-refractivity contribution is 5.26. The topological polar surface area (TPSA) is 17.0 Å². The third-order valence-electron chi connectivity index (χ3n) is 3.03. The van der Waals surface area contributed by atoms with Crippen LogP contribution in [0.5, 0.6) is 0 Å². The summed E-state index contributed by atoms with van der Waals surface area (Å²) in [6.45, 7) is 7.21. The predicted molar refractivity (Wildman–Crippen MR) is 64.6 cm³/mol. The maximum atomic E-state index is 5.40. The van der Waals surface area contributed by atoms with Crippen LogP contribution in [0, 0.1) is 26.2 Å². The molecule has 0 bridgehead atoms. The Labute approximate surface area is 92.7 Å². The van der Waals surface area contributed by atoms with E-state index in [4.69, 9.17) is 6.42 Å². The SMILES string of the molecule is C#CC(CC)NCc1cc(C)n(C)c1C. The third kappa shape index (κ3) is 2.64. The van der Waals surface area contributed by atoms with Crippen molar-refractivity contribution in [2.45, 2.75) is 39.8 Å². The van der Waals surface area contributed by atoms with Crippen LogP contribution in [0.1, 0.15) is 30.3 Å². The molecule has 0 saturated heterocycles. The van der Waals surface area contributed by atoms with Gasteiger partial charge in [-0.3, -0.25) is 5.32 Å². The lowest BCUT2D eigenvalue weighted by Gasteiger charge is -2.10. The lowest BCUT2D eigenvalue weighted by molar-refractivity contribution is 0.590. The minimum Gasteiger partial charge on any atom is -0.352 e. The molecule has 15 heavy (non-hydrogen) atoms. The average Bonchev–Trinajstić information content (AvgIpc) is 2.48. The molecule has 0 fully saturated rings. The van der Waals surface area contributed by atoms with Gasteiger partial charge in [0.05, 0.1) is 6.04 Å². The first-order chi connectivity index (χ1) is 7.10. The Hall–Kier alpha value is -1.20. The highest BCUT2D eigenvalue weighted by Gasteiger charge is 2.07. The number of hydrogen-bond donors (Lipinski definition) is 1. The van der Waals surface area contributed by atoms with Gasteiger partial charge in [-0.25, -0.2) is 0 Å². The summed E-state index contributed by atoms with van der Waals surface area (Å²) in [5, 5.41) is 3.37. The normalized spacial score (nSPS) is 12.5. The van der Waals surface area contributed by atoms with Crippen molar-refractivity contribution >= 4 is 0 Å². The zero-order chi connectivity index (χ0) is 11.4. The van der Waals surface area contributed by atoms with Gasteiger partial charge in [-0.15, -0.1) is 6.42 Å². The largest absolute Gasteiger partial charge is 0.352 e. The van der Waals surface area contributed by atoms with Crippen molar-refractivity contribution in [2.75, 3.05) is 0 Å². The van der Waals surface area contributed by atoms with Crippen LogP contribution in [0.2, 0.25) is 0 Å². The number of rotatable bonds is 4. The maximum Gasteiger partial charge on any atom is 0.0686 e. The van der Waals surface area contributed by atoms with Gasteiger partial charge in [-0.1, -0.05) is 12.8 Å². The van der Waals surface area contributed by atoms with Gasteiger partial charge in [0, 0.05) is 25.0 Å². The van der Waals surface area contributed by atoms with Gasteiger partial charge in [0.2, 0.25) is 0 Å². The minimum absolute atomic E-state index is 0.185. The van der Waals surface area contributed by atoms with Crippen LogP contribution >= 0.6 is 0 Å². The van der Waals surface area contributed by atoms with Crippen molar-refractivity contribution in [3.8, 4) is 12.3 Å². The Morgan fingerprint density at radius 3 is 2.60 bits per heavy atom. The van der Waals surface area contributed by atoms with Crippen molar-refractivity contribution in [3.05, 3.63) is 23.0 Å². The van der Waals surface area contributed by atoms with Crippen molar-refractivity contribution in [3.63, 3.8) is 0 Å². The fourth-order valence-corrected chi connectivity index (χ4v) is 1.67. The van der Waals surface area contributed by atoms with E-state index in [9.17, 15) is 0 Å². The number of hydrogen-bond acceptors (Lipinski definition) is 1. The standard InChI is InChI=1S/C13H20N2/c1-6-13(7-2)14-9-12-8-10(3)15(5)11(12)4/h1,8,13-14H,7,9H2,2-5H3. The molecule has 0 aromatic carbocycles. The van der Waals surface area contributed by atoms with E-state index in [2.05, 4.69) is 49.7 Å². The molecule has 1 unspecified atom stereocenters. The zero-order valence-electron chi connectivity index (χ0n) is 10.1. The molecule has 1 aromatic heterocycles. The van der Waals surface area contributed by atoms with E-state index in [-0.39, 0.29) is 6.04 Å². The van der Waals surface area contributed by atoms with Gasteiger partial charge >= 0.3 is 0 Å². The molecule has 2 nitrogen and oxygen atoms in total. The molecule has 1 rings (SSSR count). The first-order valence-corrected chi connectivity index (χ1v) is 5.41. The van der Waals surface area contributed by atoms with E-state index < -0.39 is 0 Å². The van der Waals surface area contributed by atoms with Crippen LogP contribution in [0.25, 0.3) is 0 Å². The van der Waals surface area contributed by atoms with E-state index in [1.54, 1.807) is 0 Å². The van der Waals surface area contributed by atoms with Gasteiger partial charge in [0.1, 0.15) is 0 Å². The molecule has 1 aromatic rings. The number of aromatic nitrogens is 1. The molecule has 2 heteroatoms. The molecule has 82 valence electrons. The van der Waals surface area contributed by atoms with Crippen LogP contribution in [-0.2, 0) is 13.6 Å². The quantitative estimate of drug-likeness (QED) is 0.744. The lowest BCUT2D eigenvalue weighted by atomic mass is 10.2. The minimum atomic E-state index is 0.185. The van der Waals surface area contributed by atoms with Crippen LogP contribution in [-0.4, -0.2) is 10.6 Å². The Morgan fingerprint density at radius 2 is 2.20 bits per heavy atom. The van der Waals surface area contributed by atoms with Gasteiger partial charge in [0.25, 0.3) is 0 Å². The average molecular weight is 204 g/mol. The fourth-order valence-electron chi connectivity index (χ4n) is 1.67. The van der Waals surface area contributed by atoms with E-state index in [1.165, 1.54) is 17.0 Å². The molecule has 0 amide bonds. The van der Waals surface area contributed by atoms with E-state index in [0.29, 0.717) is 0 Å². The van der Waals surface area contributed by atoms with Crippen LogP contribution in [0.4, 0.5) is 0 Å². The number of nitrogens with zero attached hydrogens (tertiary/aromatic N) is 1. The summed E-state index contributed by atoms with van der Waals surface area (Å²) in [6, 6.07) is 2.40. The number of terminal acetylenes is 1. The van der Waals surface area contributed by atoms with E-state index in [1.807, 2.05) is 0 Å². The molecule has 1 atom stereocenters. The predicted octanol–water partition coefficient (Wildman–Crippen LogP) is 2.14. The number of nitrogens with one attached hydrogen (secondary N) is 1. The highest BCUT2D eigenvalue weighted by atomic mass is 15.0. The summed E-state index contributed by atoms with van der Waals surface area (Å²) in [5.74, 6) is 2.74. The molecule has 1 heterocycles.